The van der Waals surface area contributed by atoms with E-state index in [1.807, 2.05) is 0 Å². The third-order valence-electron chi connectivity index (χ3n) is 2.52. The van der Waals surface area contributed by atoms with Gasteiger partial charge < -0.3 is 0 Å². The van der Waals surface area contributed by atoms with E-state index in [1.54, 1.807) is 0 Å². The van der Waals surface area contributed by atoms with E-state index in [-0.39, 0.29) is 0 Å². The molecule has 0 aromatic heterocycles. The van der Waals surface area contributed by atoms with Crippen molar-refractivity contribution < 1.29 is 0 Å². The predicted octanol–water partition coefficient (Wildman–Crippen LogP) is -0.142. The predicted molar refractivity (Wildman–Crippen MR) is 40.4 cm³/mol. The lowest BCUT2D eigenvalue weighted by atomic mass is 10.2. The molecule has 1 unspecified atom stereocenters. The maximum absolute atomic E-state index is 3.40. The molecule has 3 heteroatoms. The average molecular weight is 141 g/mol. The number of rotatable bonds is 0. The maximum Gasteiger partial charge on any atom is 0.0756 e. The van der Waals surface area contributed by atoms with Crippen molar-refractivity contribution >= 4 is 0 Å². The molecule has 0 amide bonds. The third-order valence-corrected chi connectivity index (χ3v) is 2.52. The van der Waals surface area contributed by atoms with E-state index in [0.717, 1.165) is 0 Å². The number of nitrogens with one attached hydrogen (secondary N) is 1. The molecule has 0 saturated carbocycles. The van der Waals surface area contributed by atoms with Crippen molar-refractivity contribution in [2.24, 2.45) is 0 Å². The molecule has 0 aromatic rings. The number of hydrogen-bond acceptors (Lipinski definition) is 3. The Balaban J connectivity index is 2.01. The van der Waals surface area contributed by atoms with E-state index in [1.165, 1.54) is 32.5 Å². The lowest BCUT2D eigenvalue weighted by Crippen LogP contribution is -2.49. The fourth-order valence-electron chi connectivity index (χ4n) is 1.87. The van der Waals surface area contributed by atoms with Gasteiger partial charge in [0.25, 0.3) is 0 Å². The second kappa shape index (κ2) is 2.49. The highest BCUT2D eigenvalue weighted by Crippen LogP contribution is 2.17. The fraction of sp³-hybridized carbons (Fsp3) is 1.00. The van der Waals surface area contributed by atoms with Crippen LogP contribution in [-0.2, 0) is 0 Å². The van der Waals surface area contributed by atoms with Gasteiger partial charge >= 0.3 is 0 Å². The molecule has 2 fully saturated rings. The molecule has 2 heterocycles. The summed E-state index contributed by atoms with van der Waals surface area (Å²) in [6.07, 6.45) is 3.35. The minimum absolute atomic E-state index is 0.689. The van der Waals surface area contributed by atoms with Crippen molar-refractivity contribution in [1.82, 2.24) is 15.3 Å². The Labute approximate surface area is 62.0 Å². The molecular formula is C7H15N3. The Morgan fingerprint density at radius 1 is 1.40 bits per heavy atom. The molecule has 10 heavy (non-hydrogen) atoms. The molecule has 2 saturated heterocycles. The standard InChI is InChI=1S/C7H15N3/c1-9-5-6-10-7(9)3-2-4-8-10/h7-8H,2-6H2,1H3. The van der Waals surface area contributed by atoms with Gasteiger partial charge in [-0.3, -0.25) is 10.3 Å². The zero-order valence-electron chi connectivity index (χ0n) is 6.51. The summed E-state index contributed by atoms with van der Waals surface area (Å²) in [5, 5.41) is 2.36. The van der Waals surface area contributed by atoms with Gasteiger partial charge in [0.2, 0.25) is 0 Å². The molecule has 2 aliphatic heterocycles. The molecule has 0 bridgehead atoms. The van der Waals surface area contributed by atoms with Crippen LogP contribution in [0.25, 0.3) is 0 Å². The molecule has 1 atom stereocenters. The number of hydrogen-bond donors (Lipinski definition) is 1. The Bertz CT molecular complexity index is 124. The molecule has 58 valence electrons. The summed E-state index contributed by atoms with van der Waals surface area (Å²) in [5.74, 6) is 0. The smallest absolute Gasteiger partial charge is 0.0756 e. The summed E-state index contributed by atoms with van der Waals surface area (Å²) in [7, 11) is 2.21. The minimum atomic E-state index is 0.689. The first-order valence-electron chi connectivity index (χ1n) is 4.08. The topological polar surface area (TPSA) is 18.5 Å². The van der Waals surface area contributed by atoms with E-state index >= 15 is 0 Å². The molecule has 1 N–H and O–H groups in total. The first kappa shape index (κ1) is 6.58. The van der Waals surface area contributed by atoms with Crippen molar-refractivity contribution in [3.63, 3.8) is 0 Å². The van der Waals surface area contributed by atoms with Crippen LogP contribution in [0.5, 0.6) is 0 Å². The van der Waals surface area contributed by atoms with Crippen molar-refractivity contribution in [3.05, 3.63) is 0 Å². The van der Waals surface area contributed by atoms with Crippen molar-refractivity contribution in [3.8, 4) is 0 Å². The highest BCUT2D eigenvalue weighted by atomic mass is 15.6. The minimum Gasteiger partial charge on any atom is -0.289 e. The normalized spacial score (nSPS) is 36.3. The van der Waals surface area contributed by atoms with Gasteiger partial charge in [0, 0.05) is 19.6 Å². The van der Waals surface area contributed by atoms with E-state index in [2.05, 4.69) is 22.4 Å². The molecular weight excluding hydrogens is 126 g/mol. The number of fused-ring (bicyclic) bond motifs is 1. The number of nitrogens with zero attached hydrogens (tertiary/aromatic N) is 2. The van der Waals surface area contributed by atoms with Gasteiger partial charge in [-0.2, -0.15) is 0 Å². The lowest BCUT2D eigenvalue weighted by molar-refractivity contribution is 0.0667. The van der Waals surface area contributed by atoms with Crippen LogP contribution in [0.4, 0.5) is 0 Å². The van der Waals surface area contributed by atoms with Crippen LogP contribution in [0, 0.1) is 0 Å². The number of likely N-dealkylation sites (N-methyl/N-ethyl adjacent to an activating group) is 1. The zero-order chi connectivity index (χ0) is 6.97. The van der Waals surface area contributed by atoms with Gasteiger partial charge in [0.1, 0.15) is 0 Å². The van der Waals surface area contributed by atoms with Crippen molar-refractivity contribution in [2.45, 2.75) is 19.0 Å². The summed E-state index contributed by atoms with van der Waals surface area (Å²) >= 11 is 0. The SMILES string of the molecule is CN1CCN2NCCCC12. The number of hydrazine groups is 1. The largest absolute Gasteiger partial charge is 0.289 e. The van der Waals surface area contributed by atoms with Gasteiger partial charge in [-0.1, -0.05) is 0 Å². The Kier molecular flexibility index (Phi) is 1.64. The van der Waals surface area contributed by atoms with Gasteiger partial charge in [-0.05, 0) is 19.9 Å². The lowest BCUT2D eigenvalue weighted by Gasteiger charge is -2.32. The van der Waals surface area contributed by atoms with Crippen LogP contribution in [0.3, 0.4) is 0 Å². The Morgan fingerprint density at radius 3 is 3.10 bits per heavy atom. The van der Waals surface area contributed by atoms with Gasteiger partial charge in [-0.25, -0.2) is 5.01 Å². The summed E-state index contributed by atoms with van der Waals surface area (Å²) in [6, 6.07) is 0. The molecule has 0 aliphatic carbocycles. The van der Waals surface area contributed by atoms with E-state index in [0.29, 0.717) is 6.17 Å². The molecule has 3 nitrogen and oxygen atoms in total. The molecule has 2 aliphatic rings. The van der Waals surface area contributed by atoms with E-state index < -0.39 is 0 Å². The zero-order valence-corrected chi connectivity index (χ0v) is 6.51. The average Bonchev–Trinajstić information content (AvgIpc) is 2.34. The monoisotopic (exact) mass is 141 g/mol. The van der Waals surface area contributed by atoms with Crippen LogP contribution in [0.2, 0.25) is 0 Å². The quantitative estimate of drug-likeness (QED) is 0.506. The van der Waals surface area contributed by atoms with Crippen molar-refractivity contribution in [1.29, 1.82) is 0 Å². The highest BCUT2D eigenvalue weighted by Gasteiger charge is 2.30. The van der Waals surface area contributed by atoms with E-state index in [4.69, 9.17) is 0 Å². The summed E-state index contributed by atoms with van der Waals surface area (Å²) < 4.78 is 0. The van der Waals surface area contributed by atoms with Crippen LogP contribution >= 0.6 is 0 Å². The first-order chi connectivity index (χ1) is 4.88. The second-order valence-electron chi connectivity index (χ2n) is 3.20. The first-order valence-corrected chi connectivity index (χ1v) is 4.08. The van der Waals surface area contributed by atoms with Crippen LogP contribution in [0.15, 0.2) is 0 Å². The Morgan fingerprint density at radius 2 is 2.30 bits per heavy atom. The van der Waals surface area contributed by atoms with E-state index in [9.17, 15) is 0 Å². The van der Waals surface area contributed by atoms with Gasteiger partial charge in [-0.15, -0.1) is 0 Å². The molecule has 2 rings (SSSR count). The Hall–Kier alpha value is -0.120. The van der Waals surface area contributed by atoms with Gasteiger partial charge in [0.15, 0.2) is 0 Å². The van der Waals surface area contributed by atoms with Crippen molar-refractivity contribution in [2.75, 3.05) is 26.7 Å². The highest BCUT2D eigenvalue weighted by molar-refractivity contribution is 4.79. The summed E-state index contributed by atoms with van der Waals surface area (Å²) in [6.45, 7) is 3.59. The van der Waals surface area contributed by atoms with Crippen LogP contribution in [-0.4, -0.2) is 42.8 Å². The fourth-order valence-corrected chi connectivity index (χ4v) is 1.87. The molecule has 0 radical (unpaired) electrons. The van der Waals surface area contributed by atoms with Crippen LogP contribution in [0.1, 0.15) is 12.8 Å². The van der Waals surface area contributed by atoms with Gasteiger partial charge in [0.05, 0.1) is 6.17 Å². The summed E-state index contributed by atoms with van der Waals surface area (Å²) in [5.41, 5.74) is 3.40. The maximum atomic E-state index is 3.40. The molecule has 0 spiro atoms. The second-order valence-corrected chi connectivity index (χ2v) is 3.20. The summed E-state index contributed by atoms with van der Waals surface area (Å²) in [4.78, 5) is 2.42. The third kappa shape index (κ3) is 0.944. The molecule has 0 aromatic carbocycles. The van der Waals surface area contributed by atoms with Crippen LogP contribution < -0.4 is 5.43 Å².